The fraction of sp³-hybridized carbons (Fsp3) is 0.167. The second kappa shape index (κ2) is 3.81. The Morgan fingerprint density at radius 3 is 2.56 bits per heavy atom. The molecule has 0 saturated carbocycles. The van der Waals surface area contributed by atoms with Gasteiger partial charge in [0.25, 0.3) is 0 Å². The van der Waals surface area contributed by atoms with Gasteiger partial charge in [-0.2, -0.15) is 0 Å². The summed E-state index contributed by atoms with van der Waals surface area (Å²) in [5.74, 6) is 0. The summed E-state index contributed by atoms with van der Waals surface area (Å²) < 4.78 is 1.34. The van der Waals surface area contributed by atoms with Crippen molar-refractivity contribution in [1.29, 1.82) is 0 Å². The van der Waals surface area contributed by atoms with Crippen molar-refractivity contribution in [2.45, 2.75) is 13.8 Å². The van der Waals surface area contributed by atoms with E-state index in [0.717, 1.165) is 11.1 Å². The molecule has 0 saturated heterocycles. The minimum atomic E-state index is -0.610. The lowest BCUT2D eigenvalue weighted by atomic mass is 10.1. The van der Waals surface area contributed by atoms with Crippen LogP contribution in [0.5, 0.6) is 0 Å². The van der Waals surface area contributed by atoms with Crippen molar-refractivity contribution in [3.63, 3.8) is 0 Å². The van der Waals surface area contributed by atoms with E-state index in [1.807, 2.05) is 32.0 Å². The topological polar surface area (TPSA) is 54.9 Å². The van der Waals surface area contributed by atoms with Gasteiger partial charge in [-0.3, -0.25) is 14.2 Å². The number of nitrogens with zero attached hydrogens (tertiary/aromatic N) is 1. The van der Waals surface area contributed by atoms with Crippen molar-refractivity contribution in [1.82, 2.24) is 9.55 Å². The summed E-state index contributed by atoms with van der Waals surface area (Å²) in [5.41, 5.74) is 1.78. The number of nitrogens with one attached hydrogen (secondary N) is 1. The molecule has 1 aromatic carbocycles. The molecule has 4 nitrogen and oxygen atoms in total. The predicted octanol–water partition coefficient (Wildman–Crippen LogP) is 1.14. The van der Waals surface area contributed by atoms with E-state index in [-0.39, 0.29) is 0 Å². The van der Waals surface area contributed by atoms with Gasteiger partial charge in [0.15, 0.2) is 0 Å². The second-order valence-electron chi connectivity index (χ2n) is 3.73. The SMILES string of the molecule is Cc1ccc(-n2cc[nH]c(=O)c2=O)cc1C. The quantitative estimate of drug-likeness (QED) is 0.727. The maximum atomic E-state index is 11.6. The summed E-state index contributed by atoms with van der Waals surface area (Å²) in [5, 5.41) is 0. The molecular weight excluding hydrogens is 204 g/mol. The van der Waals surface area contributed by atoms with Crippen LogP contribution in [0.4, 0.5) is 0 Å². The summed E-state index contributed by atoms with van der Waals surface area (Å²) in [4.78, 5) is 25.1. The highest BCUT2D eigenvalue weighted by Crippen LogP contribution is 2.11. The van der Waals surface area contributed by atoms with Gasteiger partial charge >= 0.3 is 11.1 Å². The molecule has 0 aliphatic carbocycles. The number of H-pyrrole nitrogens is 1. The molecule has 0 aliphatic rings. The standard InChI is InChI=1S/C12H12N2O2/c1-8-3-4-10(7-9(8)2)14-6-5-13-11(15)12(14)16/h3-7H,1-2H3,(H,13,15). The Labute approximate surface area is 92.2 Å². The minimum absolute atomic E-state index is 0.564. The van der Waals surface area contributed by atoms with Crippen molar-refractivity contribution < 1.29 is 0 Å². The first-order chi connectivity index (χ1) is 7.59. The van der Waals surface area contributed by atoms with E-state index in [1.165, 1.54) is 10.8 Å². The lowest BCUT2D eigenvalue weighted by Crippen LogP contribution is -2.34. The van der Waals surface area contributed by atoms with Gasteiger partial charge in [-0.1, -0.05) is 6.07 Å². The van der Waals surface area contributed by atoms with E-state index < -0.39 is 11.1 Å². The van der Waals surface area contributed by atoms with Crippen LogP contribution >= 0.6 is 0 Å². The van der Waals surface area contributed by atoms with E-state index >= 15 is 0 Å². The molecule has 1 N–H and O–H groups in total. The third-order valence-corrected chi connectivity index (χ3v) is 2.62. The van der Waals surface area contributed by atoms with Gasteiger partial charge in [0.2, 0.25) is 0 Å². The van der Waals surface area contributed by atoms with E-state index in [0.29, 0.717) is 5.69 Å². The molecule has 0 radical (unpaired) electrons. The Bertz CT molecular complexity index is 638. The monoisotopic (exact) mass is 216 g/mol. The van der Waals surface area contributed by atoms with Crippen LogP contribution in [-0.2, 0) is 0 Å². The number of aromatic amines is 1. The van der Waals surface area contributed by atoms with Gasteiger partial charge in [0.05, 0.1) is 0 Å². The first-order valence-corrected chi connectivity index (χ1v) is 4.97. The Balaban J connectivity index is 2.68. The first kappa shape index (κ1) is 10.4. The van der Waals surface area contributed by atoms with Crippen LogP contribution in [0.2, 0.25) is 0 Å². The maximum absolute atomic E-state index is 11.6. The summed E-state index contributed by atoms with van der Waals surface area (Å²) in [7, 11) is 0. The zero-order valence-electron chi connectivity index (χ0n) is 9.15. The van der Waals surface area contributed by atoms with Crippen molar-refractivity contribution in [2.24, 2.45) is 0 Å². The molecule has 0 unspecified atom stereocenters. The zero-order valence-corrected chi connectivity index (χ0v) is 9.15. The molecule has 4 heteroatoms. The largest absolute Gasteiger partial charge is 0.323 e. The van der Waals surface area contributed by atoms with Gasteiger partial charge in [0.1, 0.15) is 0 Å². The average molecular weight is 216 g/mol. The summed E-state index contributed by atoms with van der Waals surface area (Å²) in [6.07, 6.45) is 3.01. The average Bonchev–Trinajstić information content (AvgIpc) is 2.26. The molecule has 0 amide bonds. The number of aryl methyl sites for hydroxylation is 2. The number of benzene rings is 1. The van der Waals surface area contributed by atoms with Crippen LogP contribution in [0.15, 0.2) is 40.2 Å². The van der Waals surface area contributed by atoms with Gasteiger partial charge in [-0.05, 0) is 37.1 Å². The molecule has 0 fully saturated rings. The molecule has 1 aromatic heterocycles. The molecule has 0 spiro atoms. The number of hydrogen-bond donors (Lipinski definition) is 1. The van der Waals surface area contributed by atoms with Crippen molar-refractivity contribution in [2.75, 3.05) is 0 Å². The Morgan fingerprint density at radius 2 is 1.88 bits per heavy atom. The Hall–Kier alpha value is -2.10. The smallest absolute Gasteiger partial charge is 0.320 e. The van der Waals surface area contributed by atoms with Gasteiger partial charge in [-0.25, -0.2) is 0 Å². The highest BCUT2D eigenvalue weighted by molar-refractivity contribution is 5.39. The van der Waals surface area contributed by atoms with E-state index in [2.05, 4.69) is 4.98 Å². The molecule has 16 heavy (non-hydrogen) atoms. The van der Waals surface area contributed by atoms with Crippen LogP contribution < -0.4 is 11.1 Å². The number of aromatic nitrogens is 2. The fourth-order valence-corrected chi connectivity index (χ4v) is 1.51. The molecule has 1 heterocycles. The molecular formula is C12H12N2O2. The highest BCUT2D eigenvalue weighted by Gasteiger charge is 2.03. The maximum Gasteiger partial charge on any atom is 0.320 e. The van der Waals surface area contributed by atoms with E-state index in [1.54, 1.807) is 6.20 Å². The molecule has 82 valence electrons. The first-order valence-electron chi connectivity index (χ1n) is 4.97. The predicted molar refractivity (Wildman–Crippen MR) is 62.1 cm³/mol. The summed E-state index contributed by atoms with van der Waals surface area (Å²) in [6.45, 7) is 3.97. The summed E-state index contributed by atoms with van der Waals surface area (Å²) >= 11 is 0. The van der Waals surface area contributed by atoms with E-state index in [4.69, 9.17) is 0 Å². The van der Waals surface area contributed by atoms with Crippen molar-refractivity contribution in [3.8, 4) is 5.69 Å². The third-order valence-electron chi connectivity index (χ3n) is 2.62. The molecule has 2 aromatic rings. The van der Waals surface area contributed by atoms with Crippen LogP contribution in [0.3, 0.4) is 0 Å². The van der Waals surface area contributed by atoms with Crippen molar-refractivity contribution in [3.05, 3.63) is 62.4 Å². The van der Waals surface area contributed by atoms with Gasteiger partial charge in [0, 0.05) is 18.1 Å². The molecule has 0 aliphatic heterocycles. The van der Waals surface area contributed by atoms with Gasteiger partial charge in [-0.15, -0.1) is 0 Å². The Morgan fingerprint density at radius 1 is 1.12 bits per heavy atom. The lowest BCUT2D eigenvalue weighted by molar-refractivity contribution is 0.925. The number of hydrogen-bond acceptors (Lipinski definition) is 2. The molecule has 2 rings (SSSR count). The van der Waals surface area contributed by atoms with E-state index in [9.17, 15) is 9.59 Å². The second-order valence-corrected chi connectivity index (χ2v) is 3.73. The molecule has 0 atom stereocenters. The number of rotatable bonds is 1. The minimum Gasteiger partial charge on any atom is -0.323 e. The fourth-order valence-electron chi connectivity index (χ4n) is 1.51. The Kier molecular flexibility index (Phi) is 2.48. The van der Waals surface area contributed by atoms with Crippen LogP contribution in [0.1, 0.15) is 11.1 Å². The van der Waals surface area contributed by atoms with Crippen molar-refractivity contribution >= 4 is 0 Å². The third kappa shape index (κ3) is 1.69. The van der Waals surface area contributed by atoms with Crippen LogP contribution in [-0.4, -0.2) is 9.55 Å². The normalized spacial score (nSPS) is 10.4. The van der Waals surface area contributed by atoms with Gasteiger partial charge < -0.3 is 4.98 Å². The van der Waals surface area contributed by atoms with Crippen LogP contribution in [0, 0.1) is 13.8 Å². The summed E-state index contributed by atoms with van der Waals surface area (Å²) in [6, 6.07) is 5.64. The molecule has 0 bridgehead atoms. The zero-order chi connectivity index (χ0) is 11.7. The lowest BCUT2D eigenvalue weighted by Gasteiger charge is -2.06. The van der Waals surface area contributed by atoms with Crippen LogP contribution in [0.25, 0.3) is 5.69 Å². The highest BCUT2D eigenvalue weighted by atomic mass is 16.2.